The number of unbranched alkanes of at least 4 members (excludes halogenated alkanes) is 3. The fourth-order valence-electron chi connectivity index (χ4n) is 5.73. The second-order valence-corrected chi connectivity index (χ2v) is 13.6. The summed E-state index contributed by atoms with van der Waals surface area (Å²) in [6, 6.07) is 5.96. The molecule has 0 radical (unpaired) electrons. The number of nitrogens with zero attached hydrogens (tertiary/aromatic N) is 1. The Morgan fingerprint density at radius 1 is 0.902 bits per heavy atom. The monoisotopic (exact) mass is 595 g/mol. The van der Waals surface area contributed by atoms with Crippen LogP contribution in [-0.2, 0) is 26.1 Å². The summed E-state index contributed by atoms with van der Waals surface area (Å²) in [4.78, 5) is 18.1. The second-order valence-electron chi connectivity index (χ2n) is 11.7. The van der Waals surface area contributed by atoms with Gasteiger partial charge in [-0.2, -0.15) is 0 Å². The van der Waals surface area contributed by atoms with Gasteiger partial charge in [-0.05, 0) is 107 Å². The molecule has 2 saturated heterocycles. The summed E-state index contributed by atoms with van der Waals surface area (Å²) in [6.07, 6.45) is 12.2. The molecule has 0 amide bonds. The van der Waals surface area contributed by atoms with Crippen molar-refractivity contribution in [1.29, 1.82) is 0 Å². The maximum atomic E-state index is 13.2. The summed E-state index contributed by atoms with van der Waals surface area (Å²) in [7, 11) is -3.90. The van der Waals surface area contributed by atoms with Gasteiger partial charge in [-0.25, -0.2) is 8.42 Å². The van der Waals surface area contributed by atoms with Gasteiger partial charge in [-0.1, -0.05) is 49.2 Å². The smallest absolute Gasteiger partial charge is 0.324 e. The molecule has 0 spiro atoms. The van der Waals surface area contributed by atoms with Crippen molar-refractivity contribution in [3.63, 3.8) is 0 Å². The first-order chi connectivity index (χ1) is 19.9. The third-order valence-corrected chi connectivity index (χ3v) is 10.1. The molecule has 1 aromatic carbocycles. The average molecular weight is 596 g/mol. The number of aliphatic carboxylic acids is 1. The van der Waals surface area contributed by atoms with E-state index in [1.165, 1.54) is 32.1 Å². The van der Waals surface area contributed by atoms with Crippen LogP contribution < -0.4 is 15.4 Å². The Balaban J connectivity index is 1.50. The summed E-state index contributed by atoms with van der Waals surface area (Å²) >= 11 is 0. The number of carboxylic acids is 1. The van der Waals surface area contributed by atoms with Crippen LogP contribution in [0, 0.1) is 11.8 Å². The molecule has 2 fully saturated rings. The molecule has 10 heteroatoms. The van der Waals surface area contributed by atoms with Gasteiger partial charge in [0.15, 0.2) is 6.04 Å². The van der Waals surface area contributed by atoms with E-state index in [2.05, 4.69) is 10.6 Å². The van der Waals surface area contributed by atoms with Crippen LogP contribution in [0.4, 0.5) is 0 Å². The lowest BCUT2D eigenvalue weighted by Gasteiger charge is -2.27. The van der Waals surface area contributed by atoms with Crippen molar-refractivity contribution in [3.05, 3.63) is 29.8 Å². The molecule has 0 aromatic heterocycles. The van der Waals surface area contributed by atoms with Gasteiger partial charge in [0, 0.05) is 6.42 Å². The van der Waals surface area contributed by atoms with E-state index >= 15 is 0 Å². The molecule has 41 heavy (non-hydrogen) atoms. The fourth-order valence-corrected chi connectivity index (χ4v) is 7.35. The van der Waals surface area contributed by atoms with Crippen LogP contribution in [0.1, 0.15) is 89.5 Å². The first-order valence-electron chi connectivity index (χ1n) is 15.9. The summed E-state index contributed by atoms with van der Waals surface area (Å²) in [5, 5.41) is 16.8. The molecular weight excluding hydrogens is 542 g/mol. The van der Waals surface area contributed by atoms with Crippen molar-refractivity contribution in [2.45, 2.75) is 96.4 Å². The lowest BCUT2D eigenvalue weighted by Crippen LogP contribution is -2.47. The topological polar surface area (TPSA) is 117 Å². The average Bonchev–Trinajstić information content (AvgIpc) is 2.98. The maximum absolute atomic E-state index is 13.2. The van der Waals surface area contributed by atoms with Gasteiger partial charge in [-0.15, -0.1) is 0 Å². The molecule has 2 aliphatic heterocycles. The highest BCUT2D eigenvalue weighted by molar-refractivity contribution is 7.89. The number of piperidine rings is 2. The normalized spacial score (nSPS) is 18.0. The molecule has 0 saturated carbocycles. The van der Waals surface area contributed by atoms with Crippen molar-refractivity contribution in [3.8, 4) is 5.75 Å². The van der Waals surface area contributed by atoms with Gasteiger partial charge in [0.05, 0.1) is 19.0 Å². The number of ether oxygens (including phenoxy) is 1. The van der Waals surface area contributed by atoms with Crippen molar-refractivity contribution in [2.75, 3.05) is 45.1 Å². The molecule has 3 N–H and O–H groups in total. The number of carbonyl (C=O) groups is 1. The Labute approximate surface area is 247 Å². The first-order valence-corrected chi connectivity index (χ1v) is 17.5. The minimum Gasteiger partial charge on any atom is -0.494 e. The molecule has 1 atom stereocenters. The Bertz CT molecular complexity index is 963. The number of nitrogens with one attached hydrogen (secondary N) is 2. The molecule has 2 aliphatic rings. The molecule has 2 heterocycles. The number of hydroxylamine groups is 1. The van der Waals surface area contributed by atoms with Crippen molar-refractivity contribution in [1.82, 2.24) is 15.1 Å². The summed E-state index contributed by atoms with van der Waals surface area (Å²) in [6.45, 7) is 7.11. The Morgan fingerprint density at radius 2 is 1.46 bits per heavy atom. The quantitative estimate of drug-likeness (QED) is 0.146. The predicted molar refractivity (Wildman–Crippen MR) is 162 cm³/mol. The van der Waals surface area contributed by atoms with Crippen LogP contribution in [0.2, 0.25) is 0 Å². The van der Waals surface area contributed by atoms with Gasteiger partial charge in [0.1, 0.15) is 5.75 Å². The fraction of sp³-hybridized carbons (Fsp3) is 0.774. The van der Waals surface area contributed by atoms with Gasteiger partial charge >= 0.3 is 5.97 Å². The van der Waals surface area contributed by atoms with E-state index < -0.39 is 22.0 Å². The highest BCUT2D eigenvalue weighted by Gasteiger charge is 2.36. The first kappa shape index (κ1) is 33.8. The minimum atomic E-state index is -3.90. The molecule has 1 aromatic rings. The zero-order chi connectivity index (χ0) is 29.3. The zero-order valence-corrected chi connectivity index (χ0v) is 25.8. The van der Waals surface area contributed by atoms with E-state index in [1.54, 1.807) is 0 Å². The van der Waals surface area contributed by atoms with Crippen LogP contribution in [-0.4, -0.2) is 75.1 Å². The van der Waals surface area contributed by atoms with E-state index in [4.69, 9.17) is 9.57 Å². The van der Waals surface area contributed by atoms with Crippen LogP contribution in [0.3, 0.4) is 0 Å². The largest absolute Gasteiger partial charge is 0.494 e. The number of hydrogen-bond acceptors (Lipinski definition) is 7. The van der Waals surface area contributed by atoms with E-state index in [1.807, 2.05) is 31.2 Å². The lowest BCUT2D eigenvalue weighted by atomic mass is 9.93. The van der Waals surface area contributed by atoms with E-state index in [0.29, 0.717) is 31.8 Å². The number of carboxylic acid groups (broad SMARTS) is 1. The van der Waals surface area contributed by atoms with E-state index in [-0.39, 0.29) is 18.8 Å². The molecule has 0 aliphatic carbocycles. The number of sulfonamides is 1. The van der Waals surface area contributed by atoms with E-state index in [0.717, 1.165) is 73.6 Å². The van der Waals surface area contributed by atoms with Gasteiger partial charge < -0.3 is 20.5 Å². The van der Waals surface area contributed by atoms with Crippen molar-refractivity contribution in [2.24, 2.45) is 11.8 Å². The van der Waals surface area contributed by atoms with Crippen LogP contribution >= 0.6 is 0 Å². The van der Waals surface area contributed by atoms with Crippen molar-refractivity contribution < 1.29 is 27.9 Å². The molecule has 9 nitrogen and oxygen atoms in total. The Morgan fingerprint density at radius 3 is 2.00 bits per heavy atom. The van der Waals surface area contributed by atoms with Crippen molar-refractivity contribution >= 4 is 16.0 Å². The summed E-state index contributed by atoms with van der Waals surface area (Å²) < 4.78 is 33.0. The third-order valence-electron chi connectivity index (χ3n) is 8.34. The predicted octanol–water partition coefficient (Wildman–Crippen LogP) is 4.76. The number of benzene rings is 1. The summed E-state index contributed by atoms with van der Waals surface area (Å²) in [5.41, 5.74) is 0.723. The molecule has 234 valence electrons. The Kier molecular flexibility index (Phi) is 15.4. The van der Waals surface area contributed by atoms with Gasteiger partial charge in [-0.3, -0.25) is 9.63 Å². The molecular formula is C31H53N3O6S. The lowest BCUT2D eigenvalue weighted by molar-refractivity contribution is -0.162. The maximum Gasteiger partial charge on any atom is 0.324 e. The highest BCUT2D eigenvalue weighted by atomic mass is 32.2. The number of hydrogen-bond donors (Lipinski definition) is 3. The molecule has 0 bridgehead atoms. The zero-order valence-electron chi connectivity index (χ0n) is 25.0. The van der Waals surface area contributed by atoms with Crippen LogP contribution in [0.5, 0.6) is 5.75 Å². The van der Waals surface area contributed by atoms with Crippen LogP contribution in [0.25, 0.3) is 0 Å². The van der Waals surface area contributed by atoms with Crippen LogP contribution in [0.15, 0.2) is 24.3 Å². The van der Waals surface area contributed by atoms with E-state index in [9.17, 15) is 18.3 Å². The van der Waals surface area contributed by atoms with Gasteiger partial charge in [0.25, 0.3) is 0 Å². The highest BCUT2D eigenvalue weighted by Crippen LogP contribution is 2.22. The third kappa shape index (κ3) is 12.6. The summed E-state index contributed by atoms with van der Waals surface area (Å²) in [5.74, 6) is 0.908. The standard InChI is InChI=1S/C31H53N3O6S/c1-2-3-24-41(37,38)34(40-23-7-5-9-27-16-20-33-21-17-27)30(31(35)36)25-28-10-12-29(13-11-28)39-22-6-4-8-26-14-18-32-19-15-26/h10-13,26-27,30,32-33H,2-9,14-25H2,1H3,(H,35,36)/t30-/m0/s1. The molecule has 0 unspecified atom stereocenters. The molecule has 3 rings (SSSR count). The number of rotatable bonds is 20. The Hall–Kier alpha value is -1.72. The SMILES string of the molecule is CCCCS(=O)(=O)N(OCCCCC1CCNCC1)[C@@H](Cc1ccc(OCCCCC2CCNCC2)cc1)C(=O)O. The minimum absolute atomic E-state index is 0.0201. The second kappa shape index (κ2) is 18.7. The van der Waals surface area contributed by atoms with Gasteiger partial charge in [0.2, 0.25) is 10.0 Å².